The Bertz CT molecular complexity index is 541. The fourth-order valence-electron chi connectivity index (χ4n) is 1.50. The fraction of sp³-hybridized carbons (Fsp3) is 0.0833. The largest absolute Gasteiger partial charge is 0.217 e. The summed E-state index contributed by atoms with van der Waals surface area (Å²) in [5.41, 5.74) is 2.19. The summed E-state index contributed by atoms with van der Waals surface area (Å²) in [6, 6.07) is 9.91. The average molecular weight is 218 g/mol. The van der Waals surface area contributed by atoms with Gasteiger partial charge < -0.3 is 0 Å². The van der Waals surface area contributed by atoms with Crippen molar-refractivity contribution in [1.29, 1.82) is 0 Å². The van der Waals surface area contributed by atoms with Gasteiger partial charge in [0.2, 0.25) is 10.3 Å². The van der Waals surface area contributed by atoms with E-state index in [-0.39, 0.29) is 0 Å². The first-order valence-corrected chi connectivity index (χ1v) is 5.73. The van der Waals surface area contributed by atoms with Gasteiger partial charge in [-0.1, -0.05) is 42.5 Å². The van der Waals surface area contributed by atoms with Crippen LogP contribution in [-0.4, -0.2) is 13.3 Å². The zero-order valence-corrected chi connectivity index (χ0v) is 8.87. The highest BCUT2D eigenvalue weighted by Gasteiger charge is 2.04. The smallest absolute Gasteiger partial charge is 0.184 e. The number of rotatable bonds is 1. The van der Waals surface area contributed by atoms with Gasteiger partial charge >= 0.3 is 0 Å². The van der Waals surface area contributed by atoms with Crippen LogP contribution in [0.3, 0.4) is 0 Å². The standard InChI is InChI=1S/C12H10O2S/c13-15(14)12-8-6-11(7-9-12)10-4-2-1-3-5-10/h1-8H,9H2. The van der Waals surface area contributed by atoms with Crippen molar-refractivity contribution in [3.8, 4) is 0 Å². The summed E-state index contributed by atoms with van der Waals surface area (Å²) < 4.78 is 21.4. The first-order chi connectivity index (χ1) is 7.27. The molecule has 1 aromatic rings. The molecule has 0 N–H and O–H groups in total. The van der Waals surface area contributed by atoms with Crippen LogP contribution in [0.5, 0.6) is 0 Å². The number of benzene rings is 1. The molecule has 3 heteroatoms. The second-order valence-corrected chi connectivity index (χ2v) is 4.26. The molecule has 0 fully saturated rings. The molecule has 0 amide bonds. The summed E-state index contributed by atoms with van der Waals surface area (Å²) in [5, 5.41) is 0. The molecule has 1 aliphatic carbocycles. The average Bonchev–Trinajstić information content (AvgIpc) is 2.30. The van der Waals surface area contributed by atoms with Crippen LogP contribution in [0.2, 0.25) is 0 Å². The van der Waals surface area contributed by atoms with E-state index in [0.717, 1.165) is 11.1 Å². The Morgan fingerprint density at radius 3 is 2.27 bits per heavy atom. The van der Waals surface area contributed by atoms with Crippen LogP contribution in [0.25, 0.3) is 5.57 Å². The highest BCUT2D eigenvalue weighted by molar-refractivity contribution is 7.73. The molecule has 0 aliphatic heterocycles. The zero-order chi connectivity index (χ0) is 10.7. The van der Waals surface area contributed by atoms with Gasteiger partial charge in [-0.2, -0.15) is 8.42 Å². The minimum absolute atomic E-state index is 0.440. The maximum atomic E-state index is 10.7. The predicted molar refractivity (Wildman–Crippen MR) is 62.1 cm³/mol. The number of hydrogen-bond acceptors (Lipinski definition) is 2. The first-order valence-electron chi connectivity index (χ1n) is 4.66. The third-order valence-corrected chi connectivity index (χ3v) is 3.02. The lowest BCUT2D eigenvalue weighted by molar-refractivity contribution is 0.627. The fourth-order valence-corrected chi connectivity index (χ4v) is 1.90. The molecule has 0 heterocycles. The molecule has 76 valence electrons. The van der Waals surface area contributed by atoms with Crippen molar-refractivity contribution in [1.82, 2.24) is 0 Å². The molecule has 0 bridgehead atoms. The van der Waals surface area contributed by atoms with Crippen LogP contribution >= 0.6 is 0 Å². The Balaban J connectivity index is 2.32. The van der Waals surface area contributed by atoms with Crippen molar-refractivity contribution in [3.63, 3.8) is 0 Å². The van der Waals surface area contributed by atoms with Crippen molar-refractivity contribution in [2.75, 3.05) is 0 Å². The number of allylic oxidation sites excluding steroid dienone is 4. The molecule has 0 saturated carbocycles. The van der Waals surface area contributed by atoms with Gasteiger partial charge in [-0.25, -0.2) is 0 Å². The zero-order valence-electron chi connectivity index (χ0n) is 8.05. The van der Waals surface area contributed by atoms with Gasteiger partial charge in [0.15, 0.2) is 0 Å². The molecule has 0 unspecified atom stereocenters. The minimum Gasteiger partial charge on any atom is -0.184 e. The molecule has 15 heavy (non-hydrogen) atoms. The summed E-state index contributed by atoms with van der Waals surface area (Å²) in [6.07, 6.45) is 5.91. The van der Waals surface area contributed by atoms with Gasteiger partial charge in [0, 0.05) is 6.42 Å². The maximum absolute atomic E-state index is 10.7. The van der Waals surface area contributed by atoms with Gasteiger partial charge in [-0.05, 0) is 17.2 Å². The topological polar surface area (TPSA) is 34.1 Å². The molecular weight excluding hydrogens is 208 g/mol. The van der Waals surface area contributed by atoms with Crippen molar-refractivity contribution in [2.45, 2.75) is 6.42 Å². The van der Waals surface area contributed by atoms with Crippen LogP contribution in [0, 0.1) is 0 Å². The molecule has 1 aromatic carbocycles. The van der Waals surface area contributed by atoms with Gasteiger partial charge in [0.05, 0.1) is 4.86 Å². The maximum Gasteiger partial charge on any atom is 0.217 e. The molecule has 0 saturated heterocycles. The number of hydrogen-bond donors (Lipinski definition) is 0. The summed E-state index contributed by atoms with van der Waals surface area (Å²) >= 11 is 0. The lowest BCUT2D eigenvalue weighted by atomic mass is 10.00. The van der Waals surface area contributed by atoms with E-state index in [1.165, 1.54) is 0 Å². The second-order valence-electron chi connectivity index (χ2n) is 3.26. The van der Waals surface area contributed by atoms with E-state index in [1.54, 1.807) is 6.08 Å². The van der Waals surface area contributed by atoms with Crippen LogP contribution in [-0.2, 0) is 10.3 Å². The quantitative estimate of drug-likeness (QED) is 0.676. The van der Waals surface area contributed by atoms with E-state index in [4.69, 9.17) is 0 Å². The highest BCUT2D eigenvalue weighted by Crippen LogP contribution is 2.19. The lowest BCUT2D eigenvalue weighted by Gasteiger charge is -2.06. The van der Waals surface area contributed by atoms with Crippen LogP contribution < -0.4 is 0 Å². The SMILES string of the molecule is O=S(=O)=C1C=CC(c2ccccc2)=CC1. The molecule has 0 spiro atoms. The summed E-state index contributed by atoms with van der Waals surface area (Å²) in [6.45, 7) is 0. The van der Waals surface area contributed by atoms with Crippen LogP contribution in [0.4, 0.5) is 0 Å². The third-order valence-electron chi connectivity index (χ3n) is 2.29. The molecular formula is C12H10O2S. The van der Waals surface area contributed by atoms with E-state index in [0.29, 0.717) is 11.3 Å². The van der Waals surface area contributed by atoms with Gasteiger partial charge in [0.25, 0.3) is 0 Å². The van der Waals surface area contributed by atoms with Gasteiger partial charge in [-0.15, -0.1) is 0 Å². The Hall–Kier alpha value is -1.61. The monoisotopic (exact) mass is 218 g/mol. The van der Waals surface area contributed by atoms with Crippen molar-refractivity contribution >= 4 is 20.7 Å². The molecule has 0 radical (unpaired) electrons. The van der Waals surface area contributed by atoms with E-state index < -0.39 is 10.3 Å². The van der Waals surface area contributed by atoms with Gasteiger partial charge in [0.1, 0.15) is 0 Å². The van der Waals surface area contributed by atoms with Gasteiger partial charge in [-0.3, -0.25) is 0 Å². The van der Waals surface area contributed by atoms with Crippen molar-refractivity contribution in [3.05, 3.63) is 54.1 Å². The minimum atomic E-state index is -2.09. The lowest BCUT2D eigenvalue weighted by Crippen LogP contribution is -1.98. The predicted octanol–water partition coefficient (Wildman–Crippen LogP) is 2.08. The van der Waals surface area contributed by atoms with E-state index >= 15 is 0 Å². The molecule has 0 atom stereocenters. The molecule has 1 aliphatic rings. The Labute approximate surface area is 90.1 Å². The third kappa shape index (κ3) is 2.25. The summed E-state index contributed by atoms with van der Waals surface area (Å²) in [7, 11) is -2.09. The summed E-state index contributed by atoms with van der Waals surface area (Å²) in [5.74, 6) is 0. The molecule has 0 aromatic heterocycles. The normalized spacial score (nSPS) is 14.9. The Morgan fingerprint density at radius 2 is 1.73 bits per heavy atom. The van der Waals surface area contributed by atoms with Crippen molar-refractivity contribution < 1.29 is 8.42 Å². The first kappa shape index (κ1) is 9.93. The Kier molecular flexibility index (Phi) is 2.83. The van der Waals surface area contributed by atoms with Crippen LogP contribution in [0.15, 0.2) is 48.6 Å². The van der Waals surface area contributed by atoms with E-state index in [1.807, 2.05) is 42.5 Å². The second kappa shape index (κ2) is 4.28. The van der Waals surface area contributed by atoms with E-state index in [2.05, 4.69) is 0 Å². The Morgan fingerprint density at radius 1 is 1.00 bits per heavy atom. The summed E-state index contributed by atoms with van der Waals surface area (Å²) in [4.78, 5) is 0.440. The molecule has 2 rings (SSSR count). The molecule has 2 nitrogen and oxygen atoms in total. The van der Waals surface area contributed by atoms with E-state index in [9.17, 15) is 8.42 Å². The highest BCUT2D eigenvalue weighted by atomic mass is 32.2. The van der Waals surface area contributed by atoms with Crippen molar-refractivity contribution in [2.24, 2.45) is 0 Å². The van der Waals surface area contributed by atoms with Crippen LogP contribution in [0.1, 0.15) is 12.0 Å².